The molecule has 0 aromatic heterocycles. The molecule has 0 aliphatic heterocycles. The minimum Gasteiger partial charge on any atom is -0.508 e. The van der Waals surface area contributed by atoms with Gasteiger partial charge in [0, 0.05) is 0 Å². The largest absolute Gasteiger partial charge is 0.508 e. The topological polar surface area (TPSA) is 38.7 Å². The molecule has 0 saturated heterocycles. The molecule has 3 heteroatoms. The van der Waals surface area contributed by atoms with Gasteiger partial charge in [-0.05, 0) is 79.3 Å². The minimum atomic E-state index is -0.217. The molecule has 0 bridgehead atoms. The van der Waals surface area contributed by atoms with Crippen molar-refractivity contribution in [1.29, 1.82) is 0 Å². The van der Waals surface area contributed by atoms with Crippen LogP contribution < -0.4 is 4.74 Å². The second-order valence-corrected chi connectivity index (χ2v) is 9.25. The number of phenolic OH excluding ortho intramolecular Hbond substituents is 1. The van der Waals surface area contributed by atoms with Crippen LogP contribution in [0, 0.1) is 5.92 Å². The summed E-state index contributed by atoms with van der Waals surface area (Å²) in [5.74, 6) is 2.98. The predicted octanol–water partition coefficient (Wildman–Crippen LogP) is 7.79. The molecular weight excluding hydrogens is 384 g/mol. The molecule has 170 valence electrons. The highest BCUT2D eigenvalue weighted by atomic mass is 16.7. The van der Waals surface area contributed by atoms with Crippen LogP contribution in [0.1, 0.15) is 95.1 Å². The van der Waals surface area contributed by atoms with E-state index in [1.54, 1.807) is 12.1 Å². The quantitative estimate of drug-likeness (QED) is 0.374. The fourth-order valence-electron chi connectivity index (χ4n) is 4.82. The van der Waals surface area contributed by atoms with E-state index in [9.17, 15) is 5.11 Å². The Bertz CT molecular complexity index is 747. The molecule has 31 heavy (non-hydrogen) atoms. The zero-order valence-corrected chi connectivity index (χ0v) is 19.6. The number of ether oxygens (including phenoxy) is 2. The van der Waals surface area contributed by atoms with Crippen molar-refractivity contribution in [3.05, 3.63) is 59.7 Å². The molecule has 3 unspecified atom stereocenters. The van der Waals surface area contributed by atoms with Gasteiger partial charge in [0.25, 0.3) is 0 Å². The monoisotopic (exact) mass is 424 g/mol. The van der Waals surface area contributed by atoms with Crippen molar-refractivity contribution in [3.8, 4) is 11.5 Å². The molecule has 1 aliphatic rings. The standard InChI is InChI=1S/C28H40O3/c1-4-24(20-21(2)25-10-14-27(29)15-11-25)26-12-16-28(17-13-26)31-22(3)30-19-18-23-8-6-5-7-9-23/h10-17,21-24,29H,4-9,18-20H2,1-3H3. The van der Waals surface area contributed by atoms with Crippen molar-refractivity contribution in [2.75, 3.05) is 6.61 Å². The Morgan fingerprint density at radius 2 is 1.55 bits per heavy atom. The fourth-order valence-corrected chi connectivity index (χ4v) is 4.82. The Morgan fingerprint density at radius 3 is 2.19 bits per heavy atom. The first-order valence-electron chi connectivity index (χ1n) is 12.2. The molecule has 3 nitrogen and oxygen atoms in total. The SMILES string of the molecule is CCC(CC(C)c1ccc(O)cc1)c1ccc(OC(C)OCCC2CCCCC2)cc1. The van der Waals surface area contributed by atoms with Crippen LogP contribution in [0.4, 0.5) is 0 Å². The van der Waals surface area contributed by atoms with E-state index >= 15 is 0 Å². The predicted molar refractivity (Wildman–Crippen MR) is 128 cm³/mol. The molecule has 1 N–H and O–H groups in total. The highest BCUT2D eigenvalue weighted by molar-refractivity contribution is 5.31. The Hall–Kier alpha value is -2.00. The highest BCUT2D eigenvalue weighted by Crippen LogP contribution is 2.33. The third-order valence-corrected chi connectivity index (χ3v) is 6.85. The van der Waals surface area contributed by atoms with Crippen LogP contribution in [0.2, 0.25) is 0 Å². The zero-order valence-electron chi connectivity index (χ0n) is 19.6. The average molecular weight is 425 g/mol. The lowest BCUT2D eigenvalue weighted by molar-refractivity contribution is -0.0711. The summed E-state index contributed by atoms with van der Waals surface area (Å²) in [6.07, 6.45) is 10.0. The van der Waals surface area contributed by atoms with Gasteiger partial charge in [-0.25, -0.2) is 0 Å². The minimum absolute atomic E-state index is 0.217. The molecule has 0 amide bonds. The van der Waals surface area contributed by atoms with Gasteiger partial charge in [-0.1, -0.05) is 70.2 Å². The lowest BCUT2D eigenvalue weighted by Crippen LogP contribution is -2.19. The van der Waals surface area contributed by atoms with Crippen molar-refractivity contribution >= 4 is 0 Å². The summed E-state index contributed by atoms with van der Waals surface area (Å²) in [6, 6.07) is 16.1. The molecule has 0 heterocycles. The van der Waals surface area contributed by atoms with Gasteiger partial charge in [-0.2, -0.15) is 0 Å². The van der Waals surface area contributed by atoms with Gasteiger partial charge >= 0.3 is 0 Å². The summed E-state index contributed by atoms with van der Waals surface area (Å²) in [5.41, 5.74) is 2.63. The molecule has 3 atom stereocenters. The number of rotatable bonds is 11. The van der Waals surface area contributed by atoms with Gasteiger partial charge in [0.05, 0.1) is 6.61 Å². The van der Waals surface area contributed by atoms with Crippen molar-refractivity contribution in [3.63, 3.8) is 0 Å². The van der Waals surface area contributed by atoms with E-state index in [4.69, 9.17) is 9.47 Å². The number of phenols is 1. The molecule has 2 aromatic rings. The van der Waals surface area contributed by atoms with Gasteiger partial charge in [-0.3, -0.25) is 0 Å². The molecule has 1 saturated carbocycles. The Kier molecular flexibility index (Phi) is 9.27. The molecule has 3 rings (SSSR count). The van der Waals surface area contributed by atoms with Gasteiger partial charge in [0.15, 0.2) is 6.29 Å². The molecular formula is C28H40O3. The van der Waals surface area contributed by atoms with Crippen molar-refractivity contribution in [2.24, 2.45) is 5.92 Å². The molecule has 1 fully saturated rings. The van der Waals surface area contributed by atoms with Crippen molar-refractivity contribution in [1.82, 2.24) is 0 Å². The normalized spacial score (nSPS) is 17.8. The van der Waals surface area contributed by atoms with Crippen LogP contribution in [0.5, 0.6) is 11.5 Å². The number of hydrogen-bond donors (Lipinski definition) is 1. The van der Waals surface area contributed by atoms with E-state index < -0.39 is 0 Å². The first-order valence-corrected chi connectivity index (χ1v) is 12.2. The smallest absolute Gasteiger partial charge is 0.196 e. The van der Waals surface area contributed by atoms with Crippen LogP contribution in [0.3, 0.4) is 0 Å². The summed E-state index contributed by atoms with van der Waals surface area (Å²) in [7, 11) is 0. The Balaban J connectivity index is 1.46. The number of benzene rings is 2. The van der Waals surface area contributed by atoms with Gasteiger partial charge in [0.1, 0.15) is 11.5 Å². The highest BCUT2D eigenvalue weighted by Gasteiger charge is 2.16. The third-order valence-electron chi connectivity index (χ3n) is 6.85. The van der Waals surface area contributed by atoms with Crippen LogP contribution >= 0.6 is 0 Å². The molecule has 2 aromatic carbocycles. The molecule has 1 aliphatic carbocycles. The van der Waals surface area contributed by atoms with Crippen molar-refractivity contribution < 1.29 is 14.6 Å². The van der Waals surface area contributed by atoms with Gasteiger partial charge in [-0.15, -0.1) is 0 Å². The maximum absolute atomic E-state index is 9.52. The van der Waals surface area contributed by atoms with E-state index in [1.807, 2.05) is 19.1 Å². The number of aromatic hydroxyl groups is 1. The maximum atomic E-state index is 9.52. The van der Waals surface area contributed by atoms with E-state index in [1.165, 1.54) is 43.2 Å². The summed E-state index contributed by atoms with van der Waals surface area (Å²) in [6.45, 7) is 7.29. The summed E-state index contributed by atoms with van der Waals surface area (Å²) in [5, 5.41) is 9.52. The summed E-state index contributed by atoms with van der Waals surface area (Å²) >= 11 is 0. The summed E-state index contributed by atoms with van der Waals surface area (Å²) in [4.78, 5) is 0. The second-order valence-electron chi connectivity index (χ2n) is 9.25. The van der Waals surface area contributed by atoms with Crippen LogP contribution in [0.15, 0.2) is 48.5 Å². The van der Waals surface area contributed by atoms with Crippen molar-refractivity contribution in [2.45, 2.75) is 90.3 Å². The van der Waals surface area contributed by atoms with Crippen LogP contribution in [0.25, 0.3) is 0 Å². The van der Waals surface area contributed by atoms with E-state index in [0.29, 0.717) is 17.6 Å². The van der Waals surface area contributed by atoms with E-state index in [2.05, 4.69) is 38.1 Å². The van der Waals surface area contributed by atoms with E-state index in [-0.39, 0.29) is 6.29 Å². The van der Waals surface area contributed by atoms with Crippen LogP contribution in [-0.4, -0.2) is 18.0 Å². The lowest BCUT2D eigenvalue weighted by atomic mass is 9.84. The fraction of sp³-hybridized carbons (Fsp3) is 0.571. The van der Waals surface area contributed by atoms with Gasteiger partial charge in [0.2, 0.25) is 0 Å². The van der Waals surface area contributed by atoms with Crippen LogP contribution in [-0.2, 0) is 4.74 Å². The van der Waals surface area contributed by atoms with Gasteiger partial charge < -0.3 is 14.6 Å². The first-order chi connectivity index (χ1) is 15.0. The zero-order chi connectivity index (χ0) is 22.1. The lowest BCUT2D eigenvalue weighted by Gasteiger charge is -2.23. The Labute approximate surface area is 188 Å². The molecule has 0 spiro atoms. The number of hydrogen-bond acceptors (Lipinski definition) is 3. The Morgan fingerprint density at radius 1 is 0.903 bits per heavy atom. The molecule has 0 radical (unpaired) electrons. The average Bonchev–Trinajstić information content (AvgIpc) is 2.79. The second kappa shape index (κ2) is 12.1. The summed E-state index contributed by atoms with van der Waals surface area (Å²) < 4.78 is 11.9. The van der Waals surface area contributed by atoms with E-state index in [0.717, 1.165) is 37.5 Å². The maximum Gasteiger partial charge on any atom is 0.196 e. The first kappa shape index (κ1) is 23.7. The third kappa shape index (κ3) is 7.57.